The van der Waals surface area contributed by atoms with Crippen molar-refractivity contribution < 1.29 is 8.88 Å². The maximum Gasteiger partial charge on any atom is 0.122 e. The Bertz CT molecular complexity index is 242. The molecule has 0 heterocycles. The molecule has 4 nitrogen and oxygen atoms in total. The standard InChI is InChI=1S/C7H8N2.Cl2O2/c8-7(9)6-4-2-1-3-5-6;1-3-4-2/h1-5H,(H3,8,9);. The highest BCUT2D eigenvalue weighted by molar-refractivity contribution is 6.10. The summed E-state index contributed by atoms with van der Waals surface area (Å²) < 4.78 is 6.56. The maximum absolute atomic E-state index is 7.01. The molecule has 0 bridgehead atoms. The van der Waals surface area contributed by atoms with E-state index in [1.807, 2.05) is 30.3 Å². The van der Waals surface area contributed by atoms with E-state index in [1.165, 1.54) is 0 Å². The fourth-order valence-electron chi connectivity index (χ4n) is 0.618. The van der Waals surface area contributed by atoms with Gasteiger partial charge in [0.1, 0.15) is 29.6 Å². The number of hydrogen-bond donors (Lipinski definition) is 2. The van der Waals surface area contributed by atoms with E-state index < -0.39 is 0 Å². The van der Waals surface area contributed by atoms with Crippen LogP contribution < -0.4 is 5.73 Å². The minimum Gasteiger partial charge on any atom is -0.384 e. The SMILES string of the molecule is ClOOCl.N=C(N)c1ccccc1. The molecule has 0 fully saturated rings. The molecule has 1 aromatic carbocycles. The Morgan fingerprint density at radius 1 is 1.15 bits per heavy atom. The molecule has 0 amide bonds. The number of benzene rings is 1. The van der Waals surface area contributed by atoms with Gasteiger partial charge in [0.05, 0.1) is 0 Å². The molecular formula is C7H8Cl2N2O2. The molecule has 0 saturated heterocycles. The van der Waals surface area contributed by atoms with Crippen LogP contribution in [0.25, 0.3) is 0 Å². The van der Waals surface area contributed by atoms with E-state index in [-0.39, 0.29) is 5.84 Å². The first-order valence-electron chi connectivity index (χ1n) is 3.17. The van der Waals surface area contributed by atoms with Crippen molar-refractivity contribution >= 4 is 29.6 Å². The van der Waals surface area contributed by atoms with Crippen LogP contribution in [0.5, 0.6) is 0 Å². The average Bonchev–Trinajstić information content (AvgIpc) is 2.19. The number of nitrogens with two attached hydrogens (primary N) is 1. The van der Waals surface area contributed by atoms with Crippen LogP contribution in [0.15, 0.2) is 30.3 Å². The van der Waals surface area contributed by atoms with E-state index in [4.69, 9.17) is 11.1 Å². The number of amidine groups is 1. The molecule has 0 aliphatic rings. The summed E-state index contributed by atoms with van der Waals surface area (Å²) in [6.45, 7) is 0. The molecule has 1 aromatic rings. The molecule has 0 radical (unpaired) electrons. The number of rotatable bonds is 2. The number of hydrogen-bond acceptors (Lipinski definition) is 3. The van der Waals surface area contributed by atoms with Crippen LogP contribution in [-0.4, -0.2) is 5.84 Å². The quantitative estimate of drug-likeness (QED) is 0.349. The zero-order valence-corrected chi connectivity index (χ0v) is 8.05. The summed E-state index contributed by atoms with van der Waals surface area (Å²) in [4.78, 5) is 0. The maximum atomic E-state index is 7.01. The van der Waals surface area contributed by atoms with E-state index in [0.717, 1.165) is 5.56 Å². The van der Waals surface area contributed by atoms with Crippen molar-refractivity contribution in [2.24, 2.45) is 5.73 Å². The summed E-state index contributed by atoms with van der Waals surface area (Å²) in [7, 11) is 0. The van der Waals surface area contributed by atoms with Crippen LogP contribution in [0.3, 0.4) is 0 Å². The van der Waals surface area contributed by atoms with Crippen molar-refractivity contribution in [3.63, 3.8) is 0 Å². The molecular weight excluding hydrogens is 215 g/mol. The van der Waals surface area contributed by atoms with Gasteiger partial charge in [-0.05, 0) is 0 Å². The topological polar surface area (TPSA) is 68.3 Å². The van der Waals surface area contributed by atoms with E-state index >= 15 is 0 Å². The minimum absolute atomic E-state index is 0.121. The molecule has 72 valence electrons. The molecule has 1 rings (SSSR count). The van der Waals surface area contributed by atoms with Gasteiger partial charge < -0.3 is 5.73 Å². The zero-order valence-electron chi connectivity index (χ0n) is 6.54. The van der Waals surface area contributed by atoms with Crippen molar-refractivity contribution in [1.82, 2.24) is 0 Å². The Kier molecular flexibility index (Phi) is 7.33. The van der Waals surface area contributed by atoms with Crippen LogP contribution in [0.1, 0.15) is 5.56 Å². The van der Waals surface area contributed by atoms with Gasteiger partial charge in [0.25, 0.3) is 0 Å². The number of halogens is 2. The fraction of sp³-hybridized carbons (Fsp3) is 0. The largest absolute Gasteiger partial charge is 0.384 e. The highest BCUT2D eigenvalue weighted by atomic mass is 35.5. The van der Waals surface area contributed by atoms with Crippen molar-refractivity contribution in [1.29, 1.82) is 5.41 Å². The fourth-order valence-corrected chi connectivity index (χ4v) is 0.618. The predicted octanol–water partition coefficient (Wildman–Crippen LogP) is 2.21. The van der Waals surface area contributed by atoms with Gasteiger partial charge in [-0.15, -0.1) is 8.88 Å². The summed E-state index contributed by atoms with van der Waals surface area (Å²) >= 11 is 8.66. The molecule has 0 saturated carbocycles. The lowest BCUT2D eigenvalue weighted by molar-refractivity contribution is -0.0832. The second kappa shape index (κ2) is 7.82. The van der Waals surface area contributed by atoms with Crippen molar-refractivity contribution in [2.75, 3.05) is 0 Å². The molecule has 0 unspecified atom stereocenters. The first kappa shape index (κ1) is 12.2. The van der Waals surface area contributed by atoms with Crippen LogP contribution in [0, 0.1) is 5.41 Å². The lowest BCUT2D eigenvalue weighted by Gasteiger charge is -1.93. The van der Waals surface area contributed by atoms with E-state index in [1.54, 1.807) is 0 Å². The Morgan fingerprint density at radius 3 is 1.85 bits per heavy atom. The van der Waals surface area contributed by atoms with Gasteiger partial charge in [-0.25, -0.2) is 0 Å². The van der Waals surface area contributed by atoms with Crippen LogP contribution in [-0.2, 0) is 8.88 Å². The molecule has 3 N–H and O–H groups in total. The second-order valence-corrected chi connectivity index (χ2v) is 2.16. The van der Waals surface area contributed by atoms with E-state index in [9.17, 15) is 0 Å². The van der Waals surface area contributed by atoms with Crippen molar-refractivity contribution in [3.05, 3.63) is 35.9 Å². The zero-order chi connectivity index (χ0) is 10.1. The lowest BCUT2D eigenvalue weighted by atomic mass is 10.2. The van der Waals surface area contributed by atoms with Crippen molar-refractivity contribution in [3.8, 4) is 0 Å². The first-order valence-corrected chi connectivity index (χ1v) is 3.79. The summed E-state index contributed by atoms with van der Waals surface area (Å²) in [5.41, 5.74) is 5.97. The van der Waals surface area contributed by atoms with Gasteiger partial charge in [-0.1, -0.05) is 30.3 Å². The Labute approximate surface area is 85.9 Å². The Balaban J connectivity index is 0.000000310. The van der Waals surface area contributed by atoms with Gasteiger partial charge in [0.15, 0.2) is 0 Å². The lowest BCUT2D eigenvalue weighted by Crippen LogP contribution is -2.10. The predicted molar refractivity (Wildman–Crippen MR) is 51.3 cm³/mol. The van der Waals surface area contributed by atoms with Gasteiger partial charge in [0, 0.05) is 5.56 Å². The highest BCUT2D eigenvalue weighted by Gasteiger charge is 1.89. The van der Waals surface area contributed by atoms with Gasteiger partial charge in [-0.2, -0.15) is 0 Å². The average molecular weight is 223 g/mol. The van der Waals surface area contributed by atoms with E-state index in [0.29, 0.717) is 0 Å². The van der Waals surface area contributed by atoms with Gasteiger partial charge in [-0.3, -0.25) is 5.41 Å². The Hall–Kier alpha value is -0.810. The third kappa shape index (κ3) is 6.36. The van der Waals surface area contributed by atoms with Crippen molar-refractivity contribution in [2.45, 2.75) is 0 Å². The van der Waals surface area contributed by atoms with Gasteiger partial charge >= 0.3 is 0 Å². The smallest absolute Gasteiger partial charge is 0.122 e. The summed E-state index contributed by atoms with van der Waals surface area (Å²) in [6.07, 6.45) is 0. The molecule has 0 atom stereocenters. The van der Waals surface area contributed by atoms with Crippen LogP contribution in [0.4, 0.5) is 0 Å². The second-order valence-electron chi connectivity index (χ2n) is 1.91. The molecule has 6 heteroatoms. The Morgan fingerprint density at radius 2 is 1.62 bits per heavy atom. The highest BCUT2D eigenvalue weighted by Crippen LogP contribution is 1.94. The molecule has 0 spiro atoms. The monoisotopic (exact) mass is 222 g/mol. The summed E-state index contributed by atoms with van der Waals surface area (Å²) in [5.74, 6) is 0.121. The minimum atomic E-state index is 0.121. The van der Waals surface area contributed by atoms with E-state index in [2.05, 4.69) is 32.6 Å². The molecule has 0 aromatic heterocycles. The molecule has 0 aliphatic carbocycles. The number of nitrogen functional groups attached to an aromatic ring is 1. The molecule has 13 heavy (non-hydrogen) atoms. The third-order valence-electron chi connectivity index (χ3n) is 1.11. The third-order valence-corrected chi connectivity index (χ3v) is 1.30. The normalized spacial score (nSPS) is 8.46. The van der Waals surface area contributed by atoms with Crippen LogP contribution >= 0.6 is 23.7 Å². The van der Waals surface area contributed by atoms with Crippen LogP contribution in [0.2, 0.25) is 0 Å². The first-order chi connectivity index (χ1) is 6.22. The summed E-state index contributed by atoms with van der Waals surface area (Å²) in [5, 5.41) is 7.01. The molecule has 0 aliphatic heterocycles. The van der Waals surface area contributed by atoms with Gasteiger partial charge in [0.2, 0.25) is 0 Å². The summed E-state index contributed by atoms with van der Waals surface area (Å²) in [6, 6.07) is 9.23. The number of nitrogens with one attached hydrogen (secondary N) is 1.